The maximum Gasteiger partial charge on any atom is 0.309 e. The molecule has 0 heterocycles. The number of carbonyl (C=O) groups is 2. The minimum Gasteiger partial charge on any atom is -0.481 e. The fourth-order valence-electron chi connectivity index (χ4n) is 2.07. The first-order valence-electron chi connectivity index (χ1n) is 6.43. The fraction of sp³-hybridized carbons (Fsp3) is 0.846. The molecule has 0 unspecified atom stereocenters. The fourth-order valence-corrected chi connectivity index (χ4v) is 2.07. The molecule has 0 bridgehead atoms. The Bertz CT molecular complexity index is 240. The van der Waals surface area contributed by atoms with Crippen molar-refractivity contribution < 1.29 is 19.8 Å². The second kappa shape index (κ2) is 8.09. The molecular weight excluding hydrogens is 220 g/mol. The standard InChI is InChI=1S/C13H24O4/c1-3-5-8-13(12(16)17,9-6-4-2)10-7-11(14)15/h3-10H2,1-2H3,(H,14,15)(H,16,17). The largest absolute Gasteiger partial charge is 0.481 e. The lowest BCUT2D eigenvalue weighted by Gasteiger charge is -2.29. The Hall–Kier alpha value is -1.06. The second-order valence-electron chi connectivity index (χ2n) is 4.69. The third kappa shape index (κ3) is 5.71. The van der Waals surface area contributed by atoms with Crippen LogP contribution in [0.5, 0.6) is 0 Å². The highest BCUT2D eigenvalue weighted by Crippen LogP contribution is 2.36. The predicted molar refractivity (Wildman–Crippen MR) is 66.0 cm³/mol. The molecule has 0 aliphatic heterocycles. The van der Waals surface area contributed by atoms with Crippen molar-refractivity contribution in [1.82, 2.24) is 0 Å². The molecule has 4 heteroatoms. The zero-order valence-corrected chi connectivity index (χ0v) is 10.9. The molecule has 0 spiro atoms. The summed E-state index contributed by atoms with van der Waals surface area (Å²) in [5.41, 5.74) is -0.829. The van der Waals surface area contributed by atoms with Gasteiger partial charge >= 0.3 is 11.9 Å². The molecule has 0 aliphatic carbocycles. The van der Waals surface area contributed by atoms with E-state index in [-0.39, 0.29) is 12.8 Å². The van der Waals surface area contributed by atoms with Crippen LogP contribution in [0.25, 0.3) is 0 Å². The molecule has 0 saturated heterocycles. The Kier molecular flexibility index (Phi) is 7.59. The molecule has 0 aromatic carbocycles. The van der Waals surface area contributed by atoms with E-state index in [4.69, 9.17) is 5.11 Å². The number of hydrogen-bond donors (Lipinski definition) is 2. The van der Waals surface area contributed by atoms with E-state index in [0.717, 1.165) is 25.7 Å². The Balaban J connectivity index is 4.68. The van der Waals surface area contributed by atoms with Crippen LogP contribution in [0, 0.1) is 5.41 Å². The molecule has 0 rings (SSSR count). The lowest BCUT2D eigenvalue weighted by molar-refractivity contribution is -0.151. The van der Waals surface area contributed by atoms with Gasteiger partial charge in [0.15, 0.2) is 0 Å². The summed E-state index contributed by atoms with van der Waals surface area (Å²) < 4.78 is 0. The van der Waals surface area contributed by atoms with Gasteiger partial charge in [-0.15, -0.1) is 0 Å². The number of hydrogen-bond acceptors (Lipinski definition) is 2. The third-order valence-corrected chi connectivity index (χ3v) is 3.29. The molecular formula is C13H24O4. The molecule has 0 aliphatic rings. The van der Waals surface area contributed by atoms with Crippen molar-refractivity contribution in [2.45, 2.75) is 65.2 Å². The van der Waals surface area contributed by atoms with Crippen molar-refractivity contribution >= 4 is 11.9 Å². The summed E-state index contributed by atoms with van der Waals surface area (Å²) in [6, 6.07) is 0. The van der Waals surface area contributed by atoms with Crippen LogP contribution in [0.15, 0.2) is 0 Å². The van der Waals surface area contributed by atoms with Gasteiger partial charge in [0.25, 0.3) is 0 Å². The summed E-state index contributed by atoms with van der Waals surface area (Å²) in [7, 11) is 0. The van der Waals surface area contributed by atoms with Crippen molar-refractivity contribution in [2.75, 3.05) is 0 Å². The molecule has 0 radical (unpaired) electrons. The average Bonchev–Trinajstić information content (AvgIpc) is 2.28. The number of carboxylic acids is 2. The first-order valence-corrected chi connectivity index (χ1v) is 6.43. The van der Waals surface area contributed by atoms with Crippen LogP contribution in [0.3, 0.4) is 0 Å². The van der Waals surface area contributed by atoms with E-state index in [0.29, 0.717) is 12.8 Å². The lowest BCUT2D eigenvalue weighted by atomic mass is 9.75. The smallest absolute Gasteiger partial charge is 0.309 e. The van der Waals surface area contributed by atoms with Gasteiger partial charge in [0.2, 0.25) is 0 Å². The zero-order chi connectivity index (χ0) is 13.3. The summed E-state index contributed by atoms with van der Waals surface area (Å²) in [5.74, 6) is -1.75. The van der Waals surface area contributed by atoms with Crippen molar-refractivity contribution in [2.24, 2.45) is 5.41 Å². The molecule has 2 N–H and O–H groups in total. The Morgan fingerprint density at radius 1 is 0.941 bits per heavy atom. The predicted octanol–water partition coefficient (Wildman–Crippen LogP) is 3.30. The van der Waals surface area contributed by atoms with Gasteiger partial charge in [-0.3, -0.25) is 9.59 Å². The van der Waals surface area contributed by atoms with Gasteiger partial charge < -0.3 is 10.2 Å². The van der Waals surface area contributed by atoms with Gasteiger partial charge in [-0.05, 0) is 19.3 Å². The Labute approximate surface area is 103 Å². The highest BCUT2D eigenvalue weighted by atomic mass is 16.4. The number of carboxylic acid groups (broad SMARTS) is 2. The average molecular weight is 244 g/mol. The lowest BCUT2D eigenvalue weighted by Crippen LogP contribution is -2.32. The van der Waals surface area contributed by atoms with Crippen LogP contribution in [0.4, 0.5) is 0 Å². The van der Waals surface area contributed by atoms with Gasteiger partial charge in [0, 0.05) is 6.42 Å². The third-order valence-electron chi connectivity index (χ3n) is 3.29. The Morgan fingerprint density at radius 2 is 1.41 bits per heavy atom. The van der Waals surface area contributed by atoms with Crippen LogP contribution in [-0.2, 0) is 9.59 Å². The zero-order valence-electron chi connectivity index (χ0n) is 10.9. The van der Waals surface area contributed by atoms with Crippen molar-refractivity contribution in [1.29, 1.82) is 0 Å². The summed E-state index contributed by atoms with van der Waals surface area (Å²) in [6.07, 6.45) is 4.93. The van der Waals surface area contributed by atoms with Gasteiger partial charge in [-0.2, -0.15) is 0 Å². The highest BCUT2D eigenvalue weighted by Gasteiger charge is 2.37. The molecule has 0 saturated carbocycles. The minimum atomic E-state index is -0.913. The SMILES string of the molecule is CCCCC(CCCC)(CCC(=O)O)C(=O)O. The molecule has 0 fully saturated rings. The summed E-state index contributed by atoms with van der Waals surface area (Å²) >= 11 is 0. The van der Waals surface area contributed by atoms with Crippen LogP contribution < -0.4 is 0 Å². The molecule has 0 atom stereocenters. The van der Waals surface area contributed by atoms with Crippen LogP contribution >= 0.6 is 0 Å². The number of aliphatic carboxylic acids is 2. The van der Waals surface area contributed by atoms with E-state index < -0.39 is 17.4 Å². The first-order chi connectivity index (χ1) is 7.98. The van der Waals surface area contributed by atoms with Crippen LogP contribution in [0.2, 0.25) is 0 Å². The molecule has 100 valence electrons. The van der Waals surface area contributed by atoms with Crippen molar-refractivity contribution in [3.63, 3.8) is 0 Å². The van der Waals surface area contributed by atoms with E-state index in [1.807, 2.05) is 13.8 Å². The monoisotopic (exact) mass is 244 g/mol. The molecule has 17 heavy (non-hydrogen) atoms. The Morgan fingerprint density at radius 3 is 1.71 bits per heavy atom. The van der Waals surface area contributed by atoms with Crippen LogP contribution in [-0.4, -0.2) is 22.2 Å². The van der Waals surface area contributed by atoms with E-state index >= 15 is 0 Å². The van der Waals surface area contributed by atoms with E-state index in [2.05, 4.69) is 0 Å². The number of rotatable bonds is 10. The summed E-state index contributed by atoms with van der Waals surface area (Å²) in [6.45, 7) is 4.03. The van der Waals surface area contributed by atoms with Gasteiger partial charge in [-0.25, -0.2) is 0 Å². The van der Waals surface area contributed by atoms with Crippen LogP contribution in [0.1, 0.15) is 65.2 Å². The second-order valence-corrected chi connectivity index (χ2v) is 4.69. The van der Waals surface area contributed by atoms with Gasteiger partial charge in [-0.1, -0.05) is 39.5 Å². The quantitative estimate of drug-likeness (QED) is 0.618. The van der Waals surface area contributed by atoms with Crippen molar-refractivity contribution in [3.05, 3.63) is 0 Å². The number of unbranched alkanes of at least 4 members (excludes halogenated alkanes) is 2. The maximum atomic E-state index is 11.5. The van der Waals surface area contributed by atoms with Gasteiger partial charge in [0.1, 0.15) is 0 Å². The topological polar surface area (TPSA) is 74.6 Å². The minimum absolute atomic E-state index is 0.0558. The summed E-state index contributed by atoms with van der Waals surface area (Å²) in [4.78, 5) is 22.1. The molecule has 0 aromatic heterocycles. The normalized spacial score (nSPS) is 11.4. The molecule has 0 amide bonds. The molecule has 0 aromatic rings. The first kappa shape index (κ1) is 15.9. The van der Waals surface area contributed by atoms with Crippen molar-refractivity contribution in [3.8, 4) is 0 Å². The van der Waals surface area contributed by atoms with Gasteiger partial charge in [0.05, 0.1) is 5.41 Å². The highest BCUT2D eigenvalue weighted by molar-refractivity contribution is 5.76. The van der Waals surface area contributed by atoms with E-state index in [9.17, 15) is 14.7 Å². The van der Waals surface area contributed by atoms with E-state index in [1.54, 1.807) is 0 Å². The molecule has 4 nitrogen and oxygen atoms in total. The van der Waals surface area contributed by atoms with E-state index in [1.165, 1.54) is 0 Å². The summed E-state index contributed by atoms with van der Waals surface area (Å²) in [5, 5.41) is 18.1. The maximum absolute atomic E-state index is 11.5.